The molecule has 0 spiro atoms. The summed E-state index contributed by atoms with van der Waals surface area (Å²) in [5, 5.41) is 0. The molecule has 0 aromatic carbocycles. The maximum atomic E-state index is 5.14. The van der Waals surface area contributed by atoms with E-state index in [0.717, 1.165) is 0 Å². The summed E-state index contributed by atoms with van der Waals surface area (Å²) in [6, 6.07) is 0. The van der Waals surface area contributed by atoms with E-state index in [4.69, 9.17) is 17.2 Å². The molecule has 0 saturated carbocycles. The minimum Gasteiger partial charge on any atom is -0.368 e. The highest BCUT2D eigenvalue weighted by molar-refractivity contribution is 6.92. The Hall–Kier alpha value is -1.20. The molecule has 0 amide bonds. The van der Waals surface area contributed by atoms with Gasteiger partial charge >= 0.3 is 0 Å². The van der Waals surface area contributed by atoms with Gasteiger partial charge < -0.3 is 23.4 Å². The van der Waals surface area contributed by atoms with Crippen LogP contribution in [0.2, 0.25) is 0 Å². The zero-order valence-electron chi connectivity index (χ0n) is 5.99. The van der Waals surface area contributed by atoms with Crippen LogP contribution in [0.1, 0.15) is 0 Å². The van der Waals surface area contributed by atoms with Crippen LogP contribution >= 0.6 is 9.90 Å². The Balaban J connectivity index is 0. The van der Waals surface area contributed by atoms with Crippen LogP contribution in [-0.2, 0) is 0 Å². The highest BCUT2D eigenvalue weighted by Gasteiger charge is 1.93. The number of hydrogen-bond donors (Lipinski definition) is 4. The average Bonchev–Trinajstić information content (AvgIpc) is 1.59. The lowest BCUT2D eigenvalue weighted by Crippen LogP contribution is -2.05. The van der Waals surface area contributed by atoms with Gasteiger partial charge in [0.1, 0.15) is 0 Å². The van der Waals surface area contributed by atoms with Gasteiger partial charge in [-0.25, -0.2) is 0 Å². The molecule has 9 N–H and O–H groups in total. The number of nitrogens with zero attached hydrogens (tertiary/aromatic N) is 3. The first-order valence-electron chi connectivity index (χ1n) is 2.21. The van der Waals surface area contributed by atoms with Crippen LogP contribution < -0.4 is 23.4 Å². The van der Waals surface area contributed by atoms with Crippen molar-refractivity contribution >= 4 is 27.7 Å². The standard InChI is InChI=1S/C3H6N6.H3N.H3P/c4-1-7-2(5)9-3(6)8-1;;/h(H6,4,5,6,7,8,9);2*1H3. The van der Waals surface area contributed by atoms with Crippen LogP contribution in [0.15, 0.2) is 0 Å². The predicted molar refractivity (Wildman–Crippen MR) is 49.2 cm³/mol. The van der Waals surface area contributed by atoms with E-state index in [9.17, 15) is 0 Å². The quantitative estimate of drug-likeness (QED) is 0.364. The molecule has 1 aromatic heterocycles. The maximum Gasteiger partial charge on any atom is 0.226 e. The predicted octanol–water partition coefficient (Wildman–Crippen LogP) is -1.16. The third-order valence-corrected chi connectivity index (χ3v) is 0.687. The van der Waals surface area contributed by atoms with E-state index in [1.54, 1.807) is 0 Å². The van der Waals surface area contributed by atoms with Crippen molar-refractivity contribution in [2.75, 3.05) is 17.2 Å². The van der Waals surface area contributed by atoms with Gasteiger partial charge in [0.15, 0.2) is 0 Å². The monoisotopic (exact) mass is 177 g/mol. The van der Waals surface area contributed by atoms with Crippen LogP contribution in [0.25, 0.3) is 0 Å². The molecule has 1 unspecified atom stereocenters. The summed E-state index contributed by atoms with van der Waals surface area (Å²) < 4.78 is 0. The SMILES string of the molecule is N.Nc1nc(N)nc(N)n1.P. The van der Waals surface area contributed by atoms with Crippen molar-refractivity contribution in [3.63, 3.8) is 0 Å². The van der Waals surface area contributed by atoms with E-state index in [-0.39, 0.29) is 33.9 Å². The lowest BCUT2D eigenvalue weighted by atomic mass is 10.9. The van der Waals surface area contributed by atoms with Gasteiger partial charge in [0.25, 0.3) is 0 Å². The van der Waals surface area contributed by atoms with Crippen LogP contribution in [0, 0.1) is 0 Å². The minimum absolute atomic E-state index is 0. The fourth-order valence-corrected chi connectivity index (χ4v) is 0.427. The van der Waals surface area contributed by atoms with Crippen molar-refractivity contribution in [3.05, 3.63) is 0 Å². The Morgan fingerprint density at radius 2 is 0.909 bits per heavy atom. The molecule has 0 aliphatic heterocycles. The van der Waals surface area contributed by atoms with Crippen molar-refractivity contribution in [1.29, 1.82) is 0 Å². The van der Waals surface area contributed by atoms with E-state index in [2.05, 4.69) is 15.0 Å². The number of aromatic nitrogens is 3. The summed E-state index contributed by atoms with van der Waals surface area (Å²) in [5.41, 5.74) is 15.4. The van der Waals surface area contributed by atoms with Crippen molar-refractivity contribution in [1.82, 2.24) is 21.1 Å². The molecule has 1 rings (SSSR count). The summed E-state index contributed by atoms with van der Waals surface area (Å²) in [6.45, 7) is 0. The summed E-state index contributed by atoms with van der Waals surface area (Å²) in [5.74, 6) is 0.125. The first-order chi connectivity index (χ1) is 4.18. The lowest BCUT2D eigenvalue weighted by Gasteiger charge is -1.93. The molecule has 7 nitrogen and oxygen atoms in total. The summed E-state index contributed by atoms with van der Waals surface area (Å²) in [7, 11) is 0. The molecular formula is C3H12N7P. The second-order valence-corrected chi connectivity index (χ2v) is 1.41. The molecule has 0 aliphatic carbocycles. The van der Waals surface area contributed by atoms with Crippen LogP contribution in [-0.4, -0.2) is 15.0 Å². The second kappa shape index (κ2) is 4.59. The third-order valence-electron chi connectivity index (χ3n) is 0.687. The minimum atomic E-state index is 0. The summed E-state index contributed by atoms with van der Waals surface area (Å²) in [6.07, 6.45) is 0. The zero-order valence-corrected chi connectivity index (χ0v) is 7.40. The van der Waals surface area contributed by atoms with Crippen molar-refractivity contribution in [2.45, 2.75) is 0 Å². The third kappa shape index (κ3) is 3.49. The molecule has 8 heteroatoms. The number of anilines is 3. The van der Waals surface area contributed by atoms with Gasteiger partial charge in [0.05, 0.1) is 0 Å². The summed E-state index contributed by atoms with van der Waals surface area (Å²) in [4.78, 5) is 10.5. The molecule has 0 aliphatic rings. The number of nitrogens with two attached hydrogens (primary N) is 3. The Kier molecular flexibility index (Phi) is 5.21. The lowest BCUT2D eigenvalue weighted by molar-refractivity contribution is 1.09. The van der Waals surface area contributed by atoms with Gasteiger partial charge in [-0.1, -0.05) is 0 Å². The Bertz CT molecular complexity index is 174. The number of hydrogen-bond acceptors (Lipinski definition) is 7. The largest absolute Gasteiger partial charge is 0.368 e. The molecular weight excluding hydrogens is 165 g/mol. The highest BCUT2D eigenvalue weighted by atomic mass is 31.0. The van der Waals surface area contributed by atoms with Crippen LogP contribution in [0.4, 0.5) is 17.8 Å². The maximum absolute atomic E-state index is 5.14. The van der Waals surface area contributed by atoms with Gasteiger partial charge in [-0.2, -0.15) is 24.9 Å². The number of nitrogen functional groups attached to an aromatic ring is 3. The first kappa shape index (κ1) is 12.5. The van der Waals surface area contributed by atoms with Gasteiger partial charge in [-0.05, 0) is 0 Å². The van der Waals surface area contributed by atoms with E-state index in [0.29, 0.717) is 0 Å². The zero-order chi connectivity index (χ0) is 6.85. The molecule has 1 heterocycles. The first-order valence-corrected chi connectivity index (χ1v) is 2.21. The van der Waals surface area contributed by atoms with Gasteiger partial charge in [-0.3, -0.25) is 0 Å². The Morgan fingerprint density at radius 1 is 0.727 bits per heavy atom. The van der Waals surface area contributed by atoms with Crippen molar-refractivity contribution < 1.29 is 0 Å². The Labute approximate surface area is 67.0 Å². The molecule has 1 atom stereocenters. The fraction of sp³-hybridized carbons (Fsp3) is 0. The highest BCUT2D eigenvalue weighted by Crippen LogP contribution is 1.97. The molecule has 0 saturated heterocycles. The van der Waals surface area contributed by atoms with E-state index in [1.807, 2.05) is 0 Å². The van der Waals surface area contributed by atoms with Crippen molar-refractivity contribution in [3.8, 4) is 0 Å². The van der Waals surface area contributed by atoms with Crippen LogP contribution in [0.5, 0.6) is 0 Å². The normalized spacial score (nSPS) is 7.64. The van der Waals surface area contributed by atoms with E-state index in [1.165, 1.54) is 0 Å². The van der Waals surface area contributed by atoms with Crippen LogP contribution in [0.3, 0.4) is 0 Å². The molecule has 11 heavy (non-hydrogen) atoms. The average molecular weight is 177 g/mol. The molecule has 0 fully saturated rings. The molecule has 0 radical (unpaired) electrons. The Morgan fingerprint density at radius 3 is 1.09 bits per heavy atom. The smallest absolute Gasteiger partial charge is 0.226 e. The molecule has 0 bridgehead atoms. The molecule has 1 aromatic rings. The fourth-order valence-electron chi connectivity index (χ4n) is 0.427. The second-order valence-electron chi connectivity index (χ2n) is 1.41. The van der Waals surface area contributed by atoms with Gasteiger partial charge in [0, 0.05) is 0 Å². The van der Waals surface area contributed by atoms with E-state index >= 15 is 0 Å². The van der Waals surface area contributed by atoms with Gasteiger partial charge in [0.2, 0.25) is 17.8 Å². The van der Waals surface area contributed by atoms with Gasteiger partial charge in [-0.15, -0.1) is 0 Å². The van der Waals surface area contributed by atoms with Crippen molar-refractivity contribution in [2.24, 2.45) is 0 Å². The number of rotatable bonds is 0. The molecule has 64 valence electrons. The summed E-state index contributed by atoms with van der Waals surface area (Å²) >= 11 is 0. The van der Waals surface area contributed by atoms with E-state index < -0.39 is 0 Å². The topological polar surface area (TPSA) is 152 Å².